The van der Waals surface area contributed by atoms with Crippen molar-refractivity contribution in [2.45, 2.75) is 51.1 Å². The Hall–Kier alpha value is -2.09. The summed E-state index contributed by atoms with van der Waals surface area (Å²) in [6.45, 7) is 8.17. The van der Waals surface area contributed by atoms with E-state index >= 15 is 0 Å². The molecule has 1 N–H and O–H groups in total. The number of aliphatic hydroxyl groups excluding tert-OH is 1. The molecule has 0 radical (unpaired) electrons. The van der Waals surface area contributed by atoms with Crippen LogP contribution in [0.5, 0.6) is 0 Å². The van der Waals surface area contributed by atoms with Gasteiger partial charge in [0.25, 0.3) is 0 Å². The highest BCUT2D eigenvalue weighted by Crippen LogP contribution is 2.37. The SMILES string of the molecule is C=C(F)/C=C\C(=C)C1CCCC1.CC(O)c1cc(C(F)(F)F)cc(C(F)(F)F)c1. The van der Waals surface area contributed by atoms with Gasteiger partial charge in [-0.05, 0) is 55.5 Å². The maximum absolute atomic E-state index is 12.4. The van der Waals surface area contributed by atoms with Gasteiger partial charge in [-0.15, -0.1) is 0 Å². The summed E-state index contributed by atoms with van der Waals surface area (Å²) >= 11 is 0. The lowest BCUT2D eigenvalue weighted by Gasteiger charge is -2.15. The van der Waals surface area contributed by atoms with Gasteiger partial charge in [0.05, 0.1) is 17.2 Å². The molecular formula is C21H23F7O. The van der Waals surface area contributed by atoms with Gasteiger partial charge in [0.2, 0.25) is 0 Å². The fourth-order valence-electron chi connectivity index (χ4n) is 2.85. The van der Waals surface area contributed by atoms with E-state index in [1.807, 2.05) is 0 Å². The number of benzene rings is 1. The lowest BCUT2D eigenvalue weighted by Crippen LogP contribution is -2.12. The van der Waals surface area contributed by atoms with Crippen molar-refractivity contribution < 1.29 is 35.8 Å². The van der Waals surface area contributed by atoms with E-state index in [2.05, 4.69) is 13.2 Å². The lowest BCUT2D eigenvalue weighted by atomic mass is 9.99. The molecule has 0 aliphatic heterocycles. The minimum atomic E-state index is -4.88. The first-order valence-electron chi connectivity index (χ1n) is 8.90. The zero-order chi connectivity index (χ0) is 22.4. The van der Waals surface area contributed by atoms with Crippen molar-refractivity contribution >= 4 is 0 Å². The molecule has 1 nitrogen and oxygen atoms in total. The molecule has 0 aromatic heterocycles. The second kappa shape index (κ2) is 10.1. The van der Waals surface area contributed by atoms with Crippen molar-refractivity contribution in [3.8, 4) is 0 Å². The molecule has 8 heteroatoms. The van der Waals surface area contributed by atoms with E-state index in [1.54, 1.807) is 6.08 Å². The van der Waals surface area contributed by atoms with Crippen LogP contribution in [0, 0.1) is 5.92 Å². The van der Waals surface area contributed by atoms with Crippen LogP contribution in [0.15, 0.2) is 54.9 Å². The Morgan fingerprint density at radius 3 is 1.76 bits per heavy atom. The van der Waals surface area contributed by atoms with Gasteiger partial charge < -0.3 is 5.11 Å². The molecule has 1 fully saturated rings. The molecule has 0 bridgehead atoms. The fraction of sp³-hybridized carbons (Fsp3) is 0.429. The largest absolute Gasteiger partial charge is 0.416 e. The summed E-state index contributed by atoms with van der Waals surface area (Å²) < 4.78 is 86.3. The Kier molecular flexibility index (Phi) is 8.68. The van der Waals surface area contributed by atoms with E-state index in [0.717, 1.165) is 12.5 Å². The standard InChI is InChI=1S/C11H15F.C10H8F6O/c1-9(7-8-10(2)12)11-5-3-4-6-11;1-5(17)6-2-7(9(11,12)13)4-8(3-6)10(14,15)16/h7-8,11H,1-6H2;2-5,17H,1H3/b8-7-;. The summed E-state index contributed by atoms with van der Waals surface area (Å²) in [5.74, 6) is 0.190. The zero-order valence-corrected chi connectivity index (χ0v) is 15.9. The smallest absolute Gasteiger partial charge is 0.389 e. The van der Waals surface area contributed by atoms with Crippen molar-refractivity contribution in [2.24, 2.45) is 5.92 Å². The van der Waals surface area contributed by atoms with E-state index in [-0.39, 0.29) is 6.07 Å². The van der Waals surface area contributed by atoms with Gasteiger partial charge in [0.1, 0.15) is 5.83 Å². The third kappa shape index (κ3) is 8.43. The third-order valence-corrected chi connectivity index (χ3v) is 4.45. The monoisotopic (exact) mass is 424 g/mol. The lowest BCUT2D eigenvalue weighted by molar-refractivity contribution is -0.143. The van der Waals surface area contributed by atoms with Crippen LogP contribution >= 0.6 is 0 Å². The number of hydrogen-bond donors (Lipinski definition) is 1. The second-order valence-corrected chi connectivity index (χ2v) is 6.85. The third-order valence-electron chi connectivity index (χ3n) is 4.45. The Morgan fingerprint density at radius 2 is 1.41 bits per heavy atom. The average Bonchev–Trinajstić information content (AvgIpc) is 3.13. The number of halogens is 7. The van der Waals surface area contributed by atoms with Crippen molar-refractivity contribution in [1.29, 1.82) is 0 Å². The van der Waals surface area contributed by atoms with Crippen LogP contribution in [-0.4, -0.2) is 5.11 Å². The molecule has 1 saturated carbocycles. The molecule has 1 aromatic carbocycles. The van der Waals surface area contributed by atoms with E-state index in [4.69, 9.17) is 5.11 Å². The Labute approximate surface area is 165 Å². The number of alkyl halides is 6. The van der Waals surface area contributed by atoms with Crippen LogP contribution in [0.25, 0.3) is 0 Å². The first-order valence-corrected chi connectivity index (χ1v) is 8.90. The predicted molar refractivity (Wildman–Crippen MR) is 97.6 cm³/mol. The Morgan fingerprint density at radius 1 is 0.966 bits per heavy atom. The minimum absolute atomic E-state index is 0.0197. The van der Waals surface area contributed by atoms with E-state index < -0.39 is 41.0 Å². The molecule has 1 aliphatic carbocycles. The van der Waals surface area contributed by atoms with Crippen LogP contribution in [0.2, 0.25) is 0 Å². The molecule has 0 heterocycles. The Balaban J connectivity index is 0.000000308. The number of allylic oxidation sites excluding steroid dienone is 4. The van der Waals surface area contributed by atoms with Crippen molar-refractivity contribution in [3.05, 3.63) is 71.6 Å². The van der Waals surface area contributed by atoms with Crippen LogP contribution < -0.4 is 0 Å². The van der Waals surface area contributed by atoms with Gasteiger partial charge in [-0.1, -0.05) is 37.6 Å². The van der Waals surface area contributed by atoms with Gasteiger partial charge >= 0.3 is 12.4 Å². The minimum Gasteiger partial charge on any atom is -0.389 e. The summed E-state index contributed by atoms with van der Waals surface area (Å²) in [5.41, 5.74) is -2.23. The highest BCUT2D eigenvalue weighted by atomic mass is 19.4. The van der Waals surface area contributed by atoms with Crippen molar-refractivity contribution in [1.82, 2.24) is 0 Å². The van der Waals surface area contributed by atoms with Crippen LogP contribution in [-0.2, 0) is 12.4 Å². The summed E-state index contributed by atoms with van der Waals surface area (Å²) in [6.07, 6.45) is -3.04. The molecular weight excluding hydrogens is 401 g/mol. The van der Waals surface area contributed by atoms with Gasteiger partial charge in [0.15, 0.2) is 0 Å². The number of hydrogen-bond acceptors (Lipinski definition) is 1. The van der Waals surface area contributed by atoms with Gasteiger partial charge in [-0.25, -0.2) is 4.39 Å². The van der Waals surface area contributed by atoms with Gasteiger partial charge in [0, 0.05) is 0 Å². The molecule has 1 unspecified atom stereocenters. The molecule has 29 heavy (non-hydrogen) atoms. The van der Waals surface area contributed by atoms with Gasteiger partial charge in [-0.2, -0.15) is 26.3 Å². The second-order valence-electron chi connectivity index (χ2n) is 6.85. The maximum Gasteiger partial charge on any atom is 0.416 e. The quantitative estimate of drug-likeness (QED) is 0.391. The van der Waals surface area contributed by atoms with E-state index in [0.29, 0.717) is 18.1 Å². The maximum atomic E-state index is 12.4. The average molecular weight is 424 g/mol. The van der Waals surface area contributed by atoms with E-state index in [1.165, 1.54) is 31.8 Å². The summed E-state index contributed by atoms with van der Waals surface area (Å²) in [6, 6.07) is 1.02. The normalized spacial score (nSPS) is 16.4. The number of rotatable bonds is 4. The van der Waals surface area contributed by atoms with Crippen LogP contribution in [0.3, 0.4) is 0 Å². The van der Waals surface area contributed by atoms with Crippen LogP contribution in [0.4, 0.5) is 30.7 Å². The van der Waals surface area contributed by atoms with Crippen LogP contribution in [0.1, 0.15) is 55.4 Å². The first-order chi connectivity index (χ1) is 13.2. The zero-order valence-electron chi connectivity index (χ0n) is 15.9. The first kappa shape index (κ1) is 24.9. The molecule has 2 rings (SSSR count). The van der Waals surface area contributed by atoms with Crippen molar-refractivity contribution in [3.63, 3.8) is 0 Å². The van der Waals surface area contributed by atoms with Gasteiger partial charge in [-0.3, -0.25) is 0 Å². The molecule has 1 aromatic rings. The molecule has 1 atom stereocenters. The van der Waals surface area contributed by atoms with E-state index in [9.17, 15) is 30.7 Å². The van der Waals surface area contributed by atoms with Crippen molar-refractivity contribution in [2.75, 3.05) is 0 Å². The summed E-state index contributed by atoms with van der Waals surface area (Å²) in [7, 11) is 0. The molecule has 0 saturated heterocycles. The Bertz CT molecular complexity index is 704. The summed E-state index contributed by atoms with van der Waals surface area (Å²) in [4.78, 5) is 0. The molecule has 162 valence electrons. The predicted octanol–water partition coefficient (Wildman–Crippen LogP) is 7.55. The fourth-order valence-corrected chi connectivity index (χ4v) is 2.85. The number of aliphatic hydroxyl groups is 1. The summed E-state index contributed by atoms with van der Waals surface area (Å²) in [5, 5.41) is 9.07. The highest BCUT2D eigenvalue weighted by Gasteiger charge is 2.37. The molecule has 1 aliphatic rings. The topological polar surface area (TPSA) is 20.2 Å². The molecule has 0 amide bonds. The highest BCUT2D eigenvalue weighted by molar-refractivity contribution is 5.34. The molecule has 0 spiro atoms.